The average Bonchev–Trinajstić information content (AvgIpc) is 3.30. The van der Waals surface area contributed by atoms with Gasteiger partial charge in [0, 0.05) is 30.0 Å². The number of nitrogens with one attached hydrogen (secondary N) is 2. The summed E-state index contributed by atoms with van der Waals surface area (Å²) in [6.07, 6.45) is 4.50. The maximum absolute atomic E-state index is 12.6. The normalized spacial score (nSPS) is 19.0. The van der Waals surface area contributed by atoms with E-state index in [9.17, 15) is 9.59 Å². The van der Waals surface area contributed by atoms with Crippen LogP contribution in [0.3, 0.4) is 0 Å². The summed E-state index contributed by atoms with van der Waals surface area (Å²) in [5.74, 6) is 0.639. The van der Waals surface area contributed by atoms with Crippen LogP contribution in [0.25, 0.3) is 0 Å². The van der Waals surface area contributed by atoms with E-state index in [0.29, 0.717) is 30.0 Å². The maximum atomic E-state index is 12.6. The summed E-state index contributed by atoms with van der Waals surface area (Å²) < 4.78 is 11.3. The second-order valence-corrected chi connectivity index (χ2v) is 7.18. The number of carbonyl (C=O) groups excluding carboxylic acids is 2. The van der Waals surface area contributed by atoms with Crippen molar-refractivity contribution in [2.24, 2.45) is 0 Å². The molecule has 0 spiro atoms. The predicted molar refractivity (Wildman–Crippen MR) is 102 cm³/mol. The van der Waals surface area contributed by atoms with Crippen molar-refractivity contribution in [2.75, 3.05) is 18.5 Å². The van der Waals surface area contributed by atoms with Crippen molar-refractivity contribution in [3.8, 4) is 5.75 Å². The Morgan fingerprint density at radius 1 is 1.26 bits per heavy atom. The van der Waals surface area contributed by atoms with Gasteiger partial charge in [0.15, 0.2) is 5.78 Å². The Hall–Kier alpha value is -2.60. The molecule has 0 radical (unpaired) electrons. The van der Waals surface area contributed by atoms with Gasteiger partial charge in [0.25, 0.3) is 5.91 Å². The predicted octanol–water partition coefficient (Wildman–Crippen LogP) is 3.65. The maximum Gasteiger partial charge on any atom is 0.272 e. The van der Waals surface area contributed by atoms with Gasteiger partial charge in [-0.1, -0.05) is 0 Å². The van der Waals surface area contributed by atoms with Gasteiger partial charge in [-0.3, -0.25) is 9.59 Å². The molecule has 0 saturated carbocycles. The van der Waals surface area contributed by atoms with Crippen molar-refractivity contribution in [2.45, 2.75) is 45.1 Å². The van der Waals surface area contributed by atoms with Gasteiger partial charge >= 0.3 is 0 Å². The molecule has 6 heteroatoms. The molecule has 1 aromatic heterocycles. The van der Waals surface area contributed by atoms with E-state index < -0.39 is 0 Å². The molecule has 142 valence electrons. The number of ether oxygens (including phenoxy) is 2. The molecule has 1 unspecified atom stereocenters. The number of ketones is 1. The van der Waals surface area contributed by atoms with Crippen LogP contribution in [-0.2, 0) is 11.2 Å². The molecule has 1 saturated heterocycles. The van der Waals surface area contributed by atoms with E-state index in [4.69, 9.17) is 9.47 Å². The number of carbonyl (C=O) groups is 2. The fourth-order valence-corrected chi connectivity index (χ4v) is 3.79. The highest BCUT2D eigenvalue weighted by molar-refractivity contribution is 6.08. The number of aromatic amines is 1. The van der Waals surface area contributed by atoms with Gasteiger partial charge in [-0.15, -0.1) is 0 Å². The molecule has 6 nitrogen and oxygen atoms in total. The highest BCUT2D eigenvalue weighted by atomic mass is 16.5. The van der Waals surface area contributed by atoms with Crippen LogP contribution in [0.1, 0.15) is 57.8 Å². The van der Waals surface area contributed by atoms with Crippen LogP contribution in [0, 0.1) is 6.92 Å². The summed E-state index contributed by atoms with van der Waals surface area (Å²) in [5.41, 5.74) is 3.47. The lowest BCUT2D eigenvalue weighted by atomic mass is 9.94. The fraction of sp³-hybridized carbons (Fsp3) is 0.429. The monoisotopic (exact) mass is 368 g/mol. The Balaban J connectivity index is 1.40. The Morgan fingerprint density at radius 3 is 2.78 bits per heavy atom. The first kappa shape index (κ1) is 17.8. The van der Waals surface area contributed by atoms with Crippen LogP contribution in [0.15, 0.2) is 24.3 Å². The third-order valence-corrected chi connectivity index (χ3v) is 5.24. The number of amides is 1. The number of Topliss-reactive ketones (excluding diaryl/α,β-unsaturated/α-hetero) is 1. The first-order valence-corrected chi connectivity index (χ1v) is 9.52. The highest BCUT2D eigenvalue weighted by Gasteiger charge is 2.26. The number of rotatable bonds is 5. The number of H-pyrrole nitrogens is 1. The molecular formula is C21H24N2O4. The zero-order valence-corrected chi connectivity index (χ0v) is 15.5. The van der Waals surface area contributed by atoms with Gasteiger partial charge in [0.2, 0.25) is 0 Å². The number of hydrogen-bond acceptors (Lipinski definition) is 4. The Labute approximate surface area is 158 Å². The largest absolute Gasteiger partial charge is 0.491 e. The van der Waals surface area contributed by atoms with E-state index >= 15 is 0 Å². The van der Waals surface area contributed by atoms with E-state index in [1.165, 1.54) is 0 Å². The van der Waals surface area contributed by atoms with E-state index in [2.05, 4.69) is 10.3 Å². The van der Waals surface area contributed by atoms with Crippen molar-refractivity contribution in [3.63, 3.8) is 0 Å². The smallest absolute Gasteiger partial charge is 0.272 e. The Bertz CT molecular complexity index is 848. The van der Waals surface area contributed by atoms with Crippen LogP contribution in [0.4, 0.5) is 5.69 Å². The van der Waals surface area contributed by atoms with E-state index in [0.717, 1.165) is 49.3 Å². The molecule has 2 heterocycles. The van der Waals surface area contributed by atoms with Crippen molar-refractivity contribution in [1.29, 1.82) is 0 Å². The molecule has 2 aromatic rings. The molecule has 1 fully saturated rings. The molecule has 1 aliphatic carbocycles. The van der Waals surface area contributed by atoms with Crippen LogP contribution in [0.5, 0.6) is 5.75 Å². The minimum Gasteiger partial charge on any atom is -0.491 e. The second kappa shape index (κ2) is 7.56. The molecule has 1 aliphatic heterocycles. The van der Waals surface area contributed by atoms with Gasteiger partial charge in [0.05, 0.1) is 6.10 Å². The molecule has 1 aromatic carbocycles. The molecule has 2 aliphatic rings. The van der Waals surface area contributed by atoms with E-state index in [-0.39, 0.29) is 17.8 Å². The summed E-state index contributed by atoms with van der Waals surface area (Å²) >= 11 is 0. The average molecular weight is 368 g/mol. The van der Waals surface area contributed by atoms with Crippen molar-refractivity contribution >= 4 is 17.4 Å². The summed E-state index contributed by atoms with van der Waals surface area (Å²) in [7, 11) is 0. The summed E-state index contributed by atoms with van der Waals surface area (Å²) in [4.78, 5) is 27.9. The number of fused-ring (bicyclic) bond motifs is 1. The standard InChI is InChI=1S/C21H24N2O4/c1-13-19-17(5-2-6-18(19)24)23-20(13)21(25)22-14-7-9-15(10-8-14)27-12-16-4-3-11-26-16/h7-10,16,23H,2-6,11-12H2,1H3,(H,22,25). The van der Waals surface area contributed by atoms with Gasteiger partial charge < -0.3 is 19.8 Å². The minimum atomic E-state index is -0.234. The Kier molecular flexibility index (Phi) is 4.99. The fourth-order valence-electron chi connectivity index (χ4n) is 3.79. The minimum absolute atomic E-state index is 0.122. The van der Waals surface area contributed by atoms with Crippen LogP contribution < -0.4 is 10.1 Å². The summed E-state index contributed by atoms with van der Waals surface area (Å²) in [5, 5.41) is 2.89. The zero-order chi connectivity index (χ0) is 18.8. The third kappa shape index (κ3) is 3.76. The van der Waals surface area contributed by atoms with Crippen molar-refractivity contribution < 1.29 is 19.1 Å². The summed E-state index contributed by atoms with van der Waals surface area (Å²) in [6, 6.07) is 7.29. The highest BCUT2D eigenvalue weighted by Crippen LogP contribution is 2.27. The Morgan fingerprint density at radius 2 is 2.07 bits per heavy atom. The number of aromatic nitrogens is 1. The molecule has 0 bridgehead atoms. The molecule has 1 atom stereocenters. The lowest BCUT2D eigenvalue weighted by molar-refractivity contribution is 0.0679. The van der Waals surface area contributed by atoms with Crippen molar-refractivity contribution in [1.82, 2.24) is 4.98 Å². The van der Waals surface area contributed by atoms with E-state index in [1.807, 2.05) is 31.2 Å². The summed E-state index contributed by atoms with van der Waals surface area (Å²) in [6.45, 7) is 3.19. The third-order valence-electron chi connectivity index (χ3n) is 5.24. The molecule has 27 heavy (non-hydrogen) atoms. The molecular weight excluding hydrogens is 344 g/mol. The van der Waals surface area contributed by atoms with Crippen LogP contribution in [-0.4, -0.2) is 36.0 Å². The van der Waals surface area contributed by atoms with E-state index in [1.54, 1.807) is 0 Å². The zero-order valence-electron chi connectivity index (χ0n) is 15.5. The SMILES string of the molecule is Cc1c(C(=O)Nc2ccc(OCC3CCCO3)cc2)[nH]c2c1C(=O)CCC2. The van der Waals surface area contributed by atoms with Crippen LogP contribution in [0.2, 0.25) is 0 Å². The lowest BCUT2D eigenvalue weighted by Crippen LogP contribution is -2.16. The first-order chi connectivity index (χ1) is 13.1. The molecule has 2 N–H and O–H groups in total. The molecule has 1 amide bonds. The number of benzene rings is 1. The number of aryl methyl sites for hydroxylation is 1. The van der Waals surface area contributed by atoms with Gasteiger partial charge in [-0.2, -0.15) is 0 Å². The van der Waals surface area contributed by atoms with Gasteiger partial charge in [0.1, 0.15) is 18.1 Å². The van der Waals surface area contributed by atoms with Crippen molar-refractivity contribution in [3.05, 3.63) is 46.8 Å². The first-order valence-electron chi connectivity index (χ1n) is 9.52. The lowest BCUT2D eigenvalue weighted by Gasteiger charge is -2.12. The van der Waals surface area contributed by atoms with Gasteiger partial charge in [-0.05, 0) is 62.4 Å². The second-order valence-electron chi connectivity index (χ2n) is 7.18. The van der Waals surface area contributed by atoms with Gasteiger partial charge in [-0.25, -0.2) is 0 Å². The quantitative estimate of drug-likeness (QED) is 0.844. The molecule has 4 rings (SSSR count). The number of anilines is 1. The topological polar surface area (TPSA) is 80.4 Å². The van der Waals surface area contributed by atoms with Crippen LogP contribution >= 0.6 is 0 Å². The number of hydrogen-bond donors (Lipinski definition) is 2.